The Morgan fingerprint density at radius 1 is 1.50 bits per heavy atom. The fourth-order valence-electron chi connectivity index (χ4n) is 2.20. The summed E-state index contributed by atoms with van der Waals surface area (Å²) in [7, 11) is 0.919. The number of amides is 1. The number of carbonyl (C=O) groups is 1. The van der Waals surface area contributed by atoms with Gasteiger partial charge in [0.1, 0.15) is 10.7 Å². The molecule has 0 aromatic heterocycles. The van der Waals surface area contributed by atoms with Crippen LogP contribution in [0.2, 0.25) is 0 Å². The summed E-state index contributed by atoms with van der Waals surface area (Å²) in [5.41, 5.74) is 0.0905. The van der Waals surface area contributed by atoms with Crippen LogP contribution in [0.25, 0.3) is 0 Å². The quantitative estimate of drug-likeness (QED) is 0.849. The molecule has 0 bridgehead atoms. The molecule has 1 aromatic rings. The number of rotatable bonds is 5. The third-order valence-corrected chi connectivity index (χ3v) is 4.69. The van der Waals surface area contributed by atoms with E-state index >= 15 is 0 Å². The van der Waals surface area contributed by atoms with E-state index < -0.39 is 25.7 Å². The van der Waals surface area contributed by atoms with E-state index in [1.54, 1.807) is 0 Å². The highest BCUT2D eigenvalue weighted by Gasteiger charge is 2.37. The molecular weight excluding hydrogens is 305 g/mol. The second kappa shape index (κ2) is 5.69. The number of carbonyl (C=O) groups excluding carboxylic acids is 1. The van der Waals surface area contributed by atoms with Gasteiger partial charge in [0, 0.05) is 22.3 Å². The van der Waals surface area contributed by atoms with Crippen LogP contribution < -0.4 is 5.32 Å². The molecule has 1 fully saturated rings. The third-order valence-electron chi connectivity index (χ3n) is 3.35. The molecule has 20 heavy (non-hydrogen) atoms. The van der Waals surface area contributed by atoms with Gasteiger partial charge in [0.15, 0.2) is 0 Å². The normalized spacial score (nSPS) is 21.6. The Bertz CT molecular complexity index is 633. The predicted octanol–water partition coefficient (Wildman–Crippen LogP) is 2.67. The van der Waals surface area contributed by atoms with E-state index in [2.05, 4.69) is 12.2 Å². The van der Waals surface area contributed by atoms with Crippen LogP contribution in [0.15, 0.2) is 23.1 Å². The van der Waals surface area contributed by atoms with E-state index in [9.17, 15) is 17.6 Å². The minimum Gasteiger partial charge on any atom is -0.349 e. The van der Waals surface area contributed by atoms with Gasteiger partial charge in [-0.25, -0.2) is 12.8 Å². The van der Waals surface area contributed by atoms with Crippen LogP contribution in [0.1, 0.15) is 36.5 Å². The summed E-state index contributed by atoms with van der Waals surface area (Å²) in [5, 5.41) is 2.80. The Morgan fingerprint density at radius 2 is 2.20 bits per heavy atom. The number of hydrogen-bond acceptors (Lipinski definition) is 3. The van der Waals surface area contributed by atoms with Crippen molar-refractivity contribution >= 4 is 25.6 Å². The maximum absolute atomic E-state index is 13.4. The van der Waals surface area contributed by atoms with Crippen LogP contribution in [-0.2, 0) is 9.05 Å². The average molecular weight is 320 g/mol. The molecule has 1 N–H and O–H groups in total. The van der Waals surface area contributed by atoms with Crippen LogP contribution in [0.3, 0.4) is 0 Å². The molecule has 2 rings (SSSR count). The van der Waals surface area contributed by atoms with Gasteiger partial charge in [0.05, 0.1) is 0 Å². The second-order valence-corrected chi connectivity index (χ2v) is 7.48. The van der Waals surface area contributed by atoms with Crippen LogP contribution >= 0.6 is 10.7 Å². The van der Waals surface area contributed by atoms with Gasteiger partial charge in [-0.3, -0.25) is 4.79 Å². The van der Waals surface area contributed by atoms with Gasteiger partial charge in [-0.15, -0.1) is 0 Å². The zero-order valence-corrected chi connectivity index (χ0v) is 12.5. The van der Waals surface area contributed by atoms with Crippen molar-refractivity contribution in [3.05, 3.63) is 29.6 Å². The van der Waals surface area contributed by atoms with Crippen molar-refractivity contribution in [1.82, 2.24) is 5.32 Å². The van der Waals surface area contributed by atoms with Crippen molar-refractivity contribution < 1.29 is 17.6 Å². The summed E-state index contributed by atoms with van der Waals surface area (Å²) in [6, 6.07) is 3.27. The molecule has 7 heteroatoms. The molecule has 0 heterocycles. The molecule has 0 spiro atoms. The first-order valence-electron chi connectivity index (χ1n) is 6.38. The lowest BCUT2D eigenvalue weighted by Crippen LogP contribution is -2.27. The summed E-state index contributed by atoms with van der Waals surface area (Å²) < 4.78 is 35.8. The fourth-order valence-corrected chi connectivity index (χ4v) is 3.12. The molecule has 1 aromatic carbocycles. The van der Waals surface area contributed by atoms with Crippen LogP contribution in [0.5, 0.6) is 0 Å². The van der Waals surface area contributed by atoms with E-state index in [1.165, 1.54) is 6.07 Å². The Kier molecular flexibility index (Phi) is 4.34. The maximum Gasteiger partial charge on any atom is 0.264 e. The zero-order valence-electron chi connectivity index (χ0n) is 10.9. The van der Waals surface area contributed by atoms with Crippen molar-refractivity contribution in [2.45, 2.75) is 37.1 Å². The summed E-state index contributed by atoms with van der Waals surface area (Å²) in [6.45, 7) is 2.08. The zero-order chi connectivity index (χ0) is 14.9. The Morgan fingerprint density at radius 3 is 2.80 bits per heavy atom. The van der Waals surface area contributed by atoms with Crippen molar-refractivity contribution in [1.29, 1.82) is 0 Å². The molecule has 1 aliphatic rings. The van der Waals surface area contributed by atoms with Crippen molar-refractivity contribution in [2.75, 3.05) is 0 Å². The number of nitrogens with one attached hydrogen (secondary N) is 1. The molecule has 0 saturated heterocycles. The first-order chi connectivity index (χ1) is 9.32. The van der Waals surface area contributed by atoms with E-state index in [1.807, 2.05) is 0 Å². The standard InChI is InChI=1S/C13H15ClFNO3S/c1-2-3-8-6-11(8)16-13(17)9-4-5-10(15)12(7-9)20(14,18)19/h4-5,7-8,11H,2-3,6H2,1H3,(H,16,17). The molecule has 4 nitrogen and oxygen atoms in total. The molecule has 1 saturated carbocycles. The summed E-state index contributed by atoms with van der Waals surface area (Å²) in [5.74, 6) is -0.886. The molecule has 1 amide bonds. The highest BCUT2D eigenvalue weighted by Crippen LogP contribution is 2.34. The number of hydrogen-bond donors (Lipinski definition) is 1. The minimum absolute atomic E-state index is 0.0905. The van der Waals surface area contributed by atoms with Crippen molar-refractivity contribution in [2.24, 2.45) is 5.92 Å². The van der Waals surface area contributed by atoms with Gasteiger partial charge in [-0.1, -0.05) is 13.3 Å². The minimum atomic E-state index is -4.20. The maximum atomic E-state index is 13.4. The van der Waals surface area contributed by atoms with E-state index in [4.69, 9.17) is 10.7 Å². The lowest BCUT2D eigenvalue weighted by atomic mass is 10.2. The van der Waals surface area contributed by atoms with Crippen LogP contribution in [0, 0.1) is 11.7 Å². The highest BCUT2D eigenvalue weighted by atomic mass is 35.7. The second-order valence-electron chi connectivity index (χ2n) is 4.95. The molecule has 110 valence electrons. The topological polar surface area (TPSA) is 63.2 Å². The summed E-state index contributed by atoms with van der Waals surface area (Å²) in [6.07, 6.45) is 3.04. The largest absolute Gasteiger partial charge is 0.349 e. The highest BCUT2D eigenvalue weighted by molar-refractivity contribution is 8.13. The molecule has 0 radical (unpaired) electrons. The van der Waals surface area contributed by atoms with Crippen molar-refractivity contribution in [3.8, 4) is 0 Å². The lowest BCUT2D eigenvalue weighted by molar-refractivity contribution is 0.0948. The first kappa shape index (κ1) is 15.3. The van der Waals surface area contributed by atoms with Gasteiger partial charge in [-0.2, -0.15) is 0 Å². The van der Waals surface area contributed by atoms with Gasteiger partial charge in [0.25, 0.3) is 15.0 Å². The van der Waals surface area contributed by atoms with Gasteiger partial charge in [-0.05, 0) is 37.0 Å². The Hall–Kier alpha value is -1.14. The van der Waals surface area contributed by atoms with Gasteiger partial charge in [0.2, 0.25) is 0 Å². The number of benzene rings is 1. The van der Waals surface area contributed by atoms with Crippen LogP contribution in [-0.4, -0.2) is 20.4 Å². The first-order valence-corrected chi connectivity index (χ1v) is 8.69. The molecule has 2 atom stereocenters. The van der Waals surface area contributed by atoms with Gasteiger partial charge >= 0.3 is 0 Å². The predicted molar refractivity (Wildman–Crippen MR) is 73.7 cm³/mol. The summed E-state index contributed by atoms with van der Waals surface area (Å²) in [4.78, 5) is 11.3. The van der Waals surface area contributed by atoms with Gasteiger partial charge < -0.3 is 5.32 Å². The Labute approximate surface area is 121 Å². The Balaban J connectivity index is 2.12. The van der Waals surface area contributed by atoms with Crippen LogP contribution in [0.4, 0.5) is 4.39 Å². The van der Waals surface area contributed by atoms with E-state index in [0.29, 0.717) is 5.92 Å². The average Bonchev–Trinajstić information content (AvgIpc) is 3.06. The monoisotopic (exact) mass is 319 g/mol. The lowest BCUT2D eigenvalue weighted by Gasteiger charge is -2.06. The third kappa shape index (κ3) is 3.49. The summed E-state index contributed by atoms with van der Waals surface area (Å²) >= 11 is 0. The molecular formula is C13H15ClFNO3S. The molecule has 2 unspecified atom stereocenters. The smallest absolute Gasteiger partial charge is 0.264 e. The molecule has 0 aliphatic heterocycles. The fraction of sp³-hybridized carbons (Fsp3) is 0.462. The molecule has 1 aliphatic carbocycles. The van der Waals surface area contributed by atoms with E-state index in [0.717, 1.165) is 31.4 Å². The van der Waals surface area contributed by atoms with Crippen molar-refractivity contribution in [3.63, 3.8) is 0 Å². The number of halogens is 2. The van der Waals surface area contributed by atoms with E-state index in [-0.39, 0.29) is 11.6 Å². The SMILES string of the molecule is CCCC1CC1NC(=O)c1ccc(F)c(S(=O)(=O)Cl)c1.